The molecule has 22 heteroatoms. The summed E-state index contributed by atoms with van der Waals surface area (Å²) in [5.41, 5.74) is 0. The number of rotatable bonds is 0. The second-order valence-electron chi connectivity index (χ2n) is 1.63. The first-order chi connectivity index (χ1) is 8.00. The van der Waals surface area contributed by atoms with Gasteiger partial charge < -0.3 is 36.4 Å². The van der Waals surface area contributed by atoms with Gasteiger partial charge in [-0.1, -0.05) is 0 Å². The van der Waals surface area contributed by atoms with Crippen LogP contribution in [0.3, 0.4) is 0 Å². The smallest absolute Gasteiger partial charge is 0.759 e. The van der Waals surface area contributed by atoms with E-state index in [4.69, 9.17) is 70.1 Å². The molecule has 0 unspecified atom stereocenters. The predicted molar refractivity (Wildman–Crippen MR) is 41.9 cm³/mol. The van der Waals surface area contributed by atoms with Crippen molar-refractivity contribution < 1.29 is 118 Å². The fourth-order valence-electron chi connectivity index (χ4n) is 0. The molecule has 0 heterocycles. The van der Waals surface area contributed by atoms with Gasteiger partial charge in [0.1, 0.15) is 0 Å². The van der Waals surface area contributed by atoms with Crippen molar-refractivity contribution in [2.45, 2.75) is 0 Å². The van der Waals surface area contributed by atoms with Gasteiger partial charge >= 0.3 is 47.9 Å². The molecule has 0 spiro atoms. The average molecular weight is 523 g/mol. The Kier molecular flexibility index (Phi) is 27.3. The summed E-state index contributed by atoms with van der Waals surface area (Å²) in [5, 5.41) is 0. The molecule has 0 aliphatic heterocycles. The molecule has 0 fully saturated rings. The molecule has 0 N–H and O–H groups in total. The maximum atomic E-state index is 8.52. The first kappa shape index (κ1) is 38.6. The van der Waals surface area contributed by atoms with Crippen molar-refractivity contribution >= 4 is 41.6 Å². The molecular formula is O16S4TiZr. The van der Waals surface area contributed by atoms with E-state index in [0.717, 1.165) is 0 Å². The maximum absolute atomic E-state index is 8.52. The monoisotopic (exact) mass is 522 g/mol. The SMILES string of the molecule is O=S(=O)([O-])[O-].O=S(=O)([O-])[O-].O=S(=O)([O-])[O-].O=S(=O)([O-])[O-].[Ti+4].[Zr+4]. The fourth-order valence-corrected chi connectivity index (χ4v) is 0. The van der Waals surface area contributed by atoms with Gasteiger partial charge in [0, 0.05) is 41.6 Å². The van der Waals surface area contributed by atoms with Crippen molar-refractivity contribution in [1.29, 1.82) is 0 Å². The minimum Gasteiger partial charge on any atom is -0.759 e. The second kappa shape index (κ2) is 15.6. The summed E-state index contributed by atoms with van der Waals surface area (Å²) in [7, 11) is -20.7. The molecule has 0 saturated carbocycles. The van der Waals surface area contributed by atoms with Gasteiger partial charge in [0.25, 0.3) is 0 Å². The summed E-state index contributed by atoms with van der Waals surface area (Å²) in [5.74, 6) is 0. The summed E-state index contributed by atoms with van der Waals surface area (Å²) in [6.45, 7) is 0. The van der Waals surface area contributed by atoms with Crippen LogP contribution in [0.15, 0.2) is 0 Å². The van der Waals surface area contributed by atoms with E-state index < -0.39 is 41.6 Å². The van der Waals surface area contributed by atoms with Gasteiger partial charge in [-0.25, -0.2) is 0 Å². The van der Waals surface area contributed by atoms with Crippen molar-refractivity contribution in [2.75, 3.05) is 0 Å². The van der Waals surface area contributed by atoms with Crippen LogP contribution in [0.2, 0.25) is 0 Å². The third-order valence-electron chi connectivity index (χ3n) is 0. The van der Waals surface area contributed by atoms with E-state index in [1.54, 1.807) is 0 Å². The van der Waals surface area contributed by atoms with Gasteiger partial charge in [-0.05, 0) is 0 Å². The van der Waals surface area contributed by atoms with Crippen LogP contribution in [0.4, 0.5) is 0 Å². The van der Waals surface area contributed by atoms with Gasteiger partial charge in [0.2, 0.25) is 0 Å². The van der Waals surface area contributed by atoms with Gasteiger partial charge in [-0.2, -0.15) is 0 Å². The van der Waals surface area contributed by atoms with Gasteiger partial charge in [0.05, 0.1) is 0 Å². The molecule has 16 nitrogen and oxygen atoms in total. The molecule has 0 aliphatic rings. The quantitative estimate of drug-likeness (QED) is 0.162. The van der Waals surface area contributed by atoms with E-state index in [1.807, 2.05) is 0 Å². The van der Waals surface area contributed by atoms with Crippen LogP contribution >= 0.6 is 0 Å². The molecule has 0 amide bonds. The van der Waals surface area contributed by atoms with Crippen molar-refractivity contribution in [3.8, 4) is 0 Å². The largest absolute Gasteiger partial charge is 4.00 e. The average Bonchev–Trinajstić information content (AvgIpc) is 1.62. The third-order valence-corrected chi connectivity index (χ3v) is 0. The number of hydrogen-bond donors (Lipinski definition) is 0. The van der Waals surface area contributed by atoms with Gasteiger partial charge in [0.15, 0.2) is 0 Å². The minimum absolute atomic E-state index is 0. The van der Waals surface area contributed by atoms with Gasteiger partial charge in [-0.3, -0.25) is 33.7 Å². The summed E-state index contributed by atoms with van der Waals surface area (Å²) < 4.78 is 136. The molecule has 0 bridgehead atoms. The van der Waals surface area contributed by atoms with E-state index in [0.29, 0.717) is 0 Å². The predicted octanol–water partition coefficient (Wildman–Crippen LogP) is -5.36. The molecular weight excluding hydrogens is 523 g/mol. The topological polar surface area (TPSA) is 321 Å². The first-order valence-corrected chi connectivity index (χ1v) is 8.00. The molecule has 22 heavy (non-hydrogen) atoms. The maximum Gasteiger partial charge on any atom is 4.00 e. The zero-order valence-corrected chi connectivity index (χ0v) is 16.5. The Morgan fingerprint density at radius 1 is 0.364 bits per heavy atom. The van der Waals surface area contributed by atoms with Crippen LogP contribution in [-0.2, 0) is 89.5 Å². The van der Waals surface area contributed by atoms with E-state index in [-0.39, 0.29) is 47.9 Å². The molecule has 0 rings (SSSR count). The Labute approximate surface area is 158 Å². The summed E-state index contributed by atoms with van der Waals surface area (Å²) in [6, 6.07) is 0. The van der Waals surface area contributed by atoms with E-state index >= 15 is 0 Å². The molecule has 0 atom stereocenters. The van der Waals surface area contributed by atoms with Crippen LogP contribution in [0.1, 0.15) is 0 Å². The van der Waals surface area contributed by atoms with Crippen molar-refractivity contribution in [1.82, 2.24) is 0 Å². The van der Waals surface area contributed by atoms with Crippen LogP contribution in [-0.4, -0.2) is 70.1 Å². The Morgan fingerprint density at radius 2 is 0.364 bits per heavy atom. The summed E-state index contributed by atoms with van der Waals surface area (Å²) in [4.78, 5) is 0. The van der Waals surface area contributed by atoms with Crippen molar-refractivity contribution in [2.24, 2.45) is 0 Å². The van der Waals surface area contributed by atoms with Crippen LogP contribution in [0, 0.1) is 0 Å². The Hall–Kier alpha value is 1.08. The normalized spacial score (nSPS) is 10.5. The van der Waals surface area contributed by atoms with E-state index in [2.05, 4.69) is 0 Å². The Morgan fingerprint density at radius 3 is 0.364 bits per heavy atom. The van der Waals surface area contributed by atoms with E-state index in [9.17, 15) is 0 Å². The van der Waals surface area contributed by atoms with Crippen molar-refractivity contribution in [3.63, 3.8) is 0 Å². The zero-order valence-electron chi connectivity index (χ0n) is 9.16. The molecule has 0 aromatic rings. The molecule has 0 aromatic heterocycles. The summed E-state index contributed by atoms with van der Waals surface area (Å²) >= 11 is 0. The molecule has 0 radical (unpaired) electrons. The molecule has 0 aromatic carbocycles. The van der Waals surface area contributed by atoms with Crippen molar-refractivity contribution in [3.05, 3.63) is 0 Å². The van der Waals surface area contributed by atoms with E-state index in [1.165, 1.54) is 0 Å². The molecule has 0 aliphatic carbocycles. The molecule has 128 valence electrons. The standard InChI is InChI=1S/4H2O4S.Ti.Zr/c4*1-5(2,3)4;;/h4*(H2,1,2,3,4);;/q;;;;2*+4/p-8. The van der Waals surface area contributed by atoms with Crippen LogP contribution in [0.5, 0.6) is 0 Å². The zero-order chi connectivity index (χ0) is 18.0. The third kappa shape index (κ3) is 7320. The minimum atomic E-state index is -5.17. The number of hydrogen-bond acceptors (Lipinski definition) is 16. The first-order valence-electron chi connectivity index (χ1n) is 2.67. The second-order valence-corrected chi connectivity index (χ2v) is 4.90. The molecule has 0 saturated heterocycles. The Bertz CT molecular complexity index is 479. The van der Waals surface area contributed by atoms with Crippen LogP contribution < -0.4 is 0 Å². The van der Waals surface area contributed by atoms with Gasteiger partial charge in [-0.15, -0.1) is 0 Å². The van der Waals surface area contributed by atoms with Crippen LogP contribution in [0.25, 0.3) is 0 Å². The Balaban J connectivity index is -0.0000000376. The summed E-state index contributed by atoms with van der Waals surface area (Å²) in [6.07, 6.45) is 0. The fraction of sp³-hybridized carbons (Fsp3) is 0.